The van der Waals surface area contributed by atoms with Crippen molar-refractivity contribution in [3.8, 4) is 0 Å². The van der Waals surface area contributed by atoms with E-state index in [0.717, 1.165) is 0 Å². The fraction of sp³-hybridized carbons (Fsp3) is 0.900. The van der Waals surface area contributed by atoms with E-state index in [9.17, 15) is 18.4 Å². The maximum atomic E-state index is 13.3. The van der Waals surface area contributed by atoms with E-state index in [-0.39, 0.29) is 0 Å². The number of alkyl halides is 2. The van der Waals surface area contributed by atoms with Gasteiger partial charge in [-0.05, 0) is 67.5 Å². The first-order valence-corrected chi connectivity index (χ1v) is 10.5. The molecule has 0 spiro atoms. The molecule has 4 atom stereocenters. The zero-order valence-electron chi connectivity index (χ0n) is 18.9. The highest BCUT2D eigenvalue weighted by molar-refractivity contribution is 5.68. The third kappa shape index (κ3) is 11.5. The molecule has 2 aliphatic heterocycles. The summed E-state index contributed by atoms with van der Waals surface area (Å²) in [7, 11) is 0. The summed E-state index contributed by atoms with van der Waals surface area (Å²) in [4.78, 5) is 22.7. The fourth-order valence-electron chi connectivity index (χ4n) is 2.85. The van der Waals surface area contributed by atoms with E-state index >= 15 is 0 Å². The van der Waals surface area contributed by atoms with Crippen LogP contribution in [0.1, 0.15) is 54.4 Å². The predicted octanol–water partition coefficient (Wildman–Crippen LogP) is 2.42. The van der Waals surface area contributed by atoms with Crippen LogP contribution < -0.4 is 21.3 Å². The first kappa shape index (κ1) is 26.4. The zero-order valence-corrected chi connectivity index (χ0v) is 18.9. The third-order valence-electron chi connectivity index (χ3n) is 4.20. The van der Waals surface area contributed by atoms with Gasteiger partial charge in [0.05, 0.1) is 12.1 Å². The number of ether oxygens (including phenoxy) is 2. The maximum Gasteiger partial charge on any atom is 0.408 e. The number of nitrogens with one attached hydrogen (secondary N) is 4. The molecule has 0 aliphatic carbocycles. The maximum absolute atomic E-state index is 13.3. The molecule has 2 rings (SSSR count). The highest BCUT2D eigenvalue weighted by atomic mass is 19.1. The molecule has 0 radical (unpaired) electrons. The number of carbonyl (C=O) groups excluding carboxylic acids is 2. The van der Waals surface area contributed by atoms with Crippen molar-refractivity contribution in [3.63, 3.8) is 0 Å². The lowest BCUT2D eigenvalue weighted by Gasteiger charge is -2.28. The molecule has 2 heterocycles. The lowest BCUT2D eigenvalue weighted by atomic mass is 10.1. The third-order valence-corrected chi connectivity index (χ3v) is 4.20. The summed E-state index contributed by atoms with van der Waals surface area (Å²) in [5, 5.41) is 11.1. The van der Waals surface area contributed by atoms with Crippen LogP contribution in [-0.2, 0) is 9.47 Å². The van der Waals surface area contributed by atoms with Gasteiger partial charge < -0.3 is 30.7 Å². The summed E-state index contributed by atoms with van der Waals surface area (Å²) >= 11 is 0. The molecule has 10 heteroatoms. The van der Waals surface area contributed by atoms with Gasteiger partial charge in [-0.15, -0.1) is 0 Å². The monoisotopic (exact) mass is 436 g/mol. The Balaban J connectivity index is 0.000000300. The first-order valence-electron chi connectivity index (χ1n) is 10.5. The van der Waals surface area contributed by atoms with E-state index in [2.05, 4.69) is 21.3 Å². The van der Waals surface area contributed by atoms with Crippen molar-refractivity contribution in [1.82, 2.24) is 21.3 Å². The second-order valence-electron chi connectivity index (χ2n) is 9.52. The molecule has 4 N–H and O–H groups in total. The van der Waals surface area contributed by atoms with Crippen molar-refractivity contribution < 1.29 is 27.8 Å². The Morgan fingerprint density at radius 2 is 1.10 bits per heavy atom. The van der Waals surface area contributed by atoms with Crippen molar-refractivity contribution >= 4 is 12.2 Å². The fourth-order valence-corrected chi connectivity index (χ4v) is 2.85. The molecule has 0 bridgehead atoms. The van der Waals surface area contributed by atoms with E-state index in [1.165, 1.54) is 0 Å². The number of hydrogen-bond acceptors (Lipinski definition) is 6. The predicted molar refractivity (Wildman–Crippen MR) is 111 cm³/mol. The molecule has 2 fully saturated rings. The zero-order chi connectivity index (χ0) is 22.9. The highest BCUT2D eigenvalue weighted by Gasteiger charge is 2.28. The van der Waals surface area contributed by atoms with Gasteiger partial charge in [0.2, 0.25) is 0 Å². The molecule has 30 heavy (non-hydrogen) atoms. The van der Waals surface area contributed by atoms with Gasteiger partial charge in [0.15, 0.2) is 0 Å². The van der Waals surface area contributed by atoms with Crippen LogP contribution in [-0.4, -0.2) is 74.0 Å². The van der Waals surface area contributed by atoms with Gasteiger partial charge in [-0.1, -0.05) is 0 Å². The normalized spacial score (nSPS) is 27.2. The van der Waals surface area contributed by atoms with E-state index in [1.54, 1.807) is 41.5 Å². The van der Waals surface area contributed by atoms with E-state index < -0.39 is 47.8 Å². The Morgan fingerprint density at radius 3 is 1.37 bits per heavy atom. The van der Waals surface area contributed by atoms with Crippen molar-refractivity contribution in [2.45, 2.75) is 90.0 Å². The number of rotatable bonds is 2. The standard InChI is InChI=1S/2C10H19FN2O2/c2*1-10(2,3)15-9(14)13-8-6-12-5-4-7(8)11/h2*7-8,12H,4-6H2,1-3H3,(H,13,14)/t2*7-,8+/m10/s1. The SMILES string of the molecule is CC(C)(C)OC(=O)N[C@@H]1CNCC[C@@H]1F.CC(C)(C)OC(=O)N[C@H]1CNCC[C@H]1F. The summed E-state index contributed by atoms with van der Waals surface area (Å²) < 4.78 is 36.8. The molecule has 0 aromatic rings. The molecule has 0 aromatic heterocycles. The van der Waals surface area contributed by atoms with Crippen LogP contribution in [0, 0.1) is 0 Å². The Labute approximate surface area is 178 Å². The second kappa shape index (κ2) is 11.6. The number of hydrogen-bond donors (Lipinski definition) is 4. The van der Waals surface area contributed by atoms with Crippen molar-refractivity contribution in [2.24, 2.45) is 0 Å². The summed E-state index contributed by atoms with van der Waals surface area (Å²) in [5.41, 5.74) is -1.09. The number of halogens is 2. The molecular formula is C20H38F2N4O4. The minimum Gasteiger partial charge on any atom is -0.444 e. The summed E-state index contributed by atoms with van der Waals surface area (Å²) in [6, 6.07) is -0.956. The minimum absolute atomic E-state index is 0.431. The lowest BCUT2D eigenvalue weighted by Crippen LogP contribution is -2.53. The van der Waals surface area contributed by atoms with Crippen LogP contribution >= 0.6 is 0 Å². The molecule has 2 aliphatic rings. The topological polar surface area (TPSA) is 101 Å². The Bertz CT molecular complexity index is 504. The van der Waals surface area contributed by atoms with Gasteiger partial charge >= 0.3 is 12.2 Å². The number of piperidine rings is 2. The van der Waals surface area contributed by atoms with E-state index in [4.69, 9.17) is 9.47 Å². The van der Waals surface area contributed by atoms with E-state index in [0.29, 0.717) is 39.0 Å². The smallest absolute Gasteiger partial charge is 0.408 e. The quantitative estimate of drug-likeness (QED) is 0.531. The largest absolute Gasteiger partial charge is 0.444 e. The van der Waals surface area contributed by atoms with Crippen LogP contribution in [0.5, 0.6) is 0 Å². The number of amides is 2. The molecular weight excluding hydrogens is 398 g/mol. The molecule has 176 valence electrons. The van der Waals surface area contributed by atoms with Gasteiger partial charge in [-0.25, -0.2) is 18.4 Å². The average Bonchev–Trinajstić information content (AvgIpc) is 2.56. The van der Waals surface area contributed by atoms with Crippen molar-refractivity contribution in [2.75, 3.05) is 26.2 Å². The summed E-state index contributed by atoms with van der Waals surface area (Å²) in [6.45, 7) is 12.9. The van der Waals surface area contributed by atoms with Crippen LogP contribution in [0.25, 0.3) is 0 Å². The van der Waals surface area contributed by atoms with E-state index in [1.807, 2.05) is 0 Å². The van der Waals surface area contributed by atoms with Gasteiger partial charge in [0, 0.05) is 13.1 Å². The van der Waals surface area contributed by atoms with Gasteiger partial charge in [0.1, 0.15) is 23.5 Å². The molecule has 0 saturated carbocycles. The van der Waals surface area contributed by atoms with Crippen LogP contribution in [0.3, 0.4) is 0 Å². The summed E-state index contributed by atoms with van der Waals surface area (Å²) in [5.74, 6) is 0. The minimum atomic E-state index is -0.987. The van der Waals surface area contributed by atoms with Crippen LogP contribution in [0.4, 0.5) is 18.4 Å². The molecule has 0 aromatic carbocycles. The first-order chi connectivity index (χ1) is 13.8. The Morgan fingerprint density at radius 1 is 0.767 bits per heavy atom. The molecule has 2 saturated heterocycles. The Kier molecular flexibility index (Phi) is 10.2. The van der Waals surface area contributed by atoms with Crippen LogP contribution in [0.15, 0.2) is 0 Å². The average molecular weight is 437 g/mol. The van der Waals surface area contributed by atoms with Crippen LogP contribution in [0.2, 0.25) is 0 Å². The molecule has 8 nitrogen and oxygen atoms in total. The Hall–Kier alpha value is -1.68. The number of carbonyl (C=O) groups is 2. The molecule has 0 unspecified atom stereocenters. The second-order valence-corrected chi connectivity index (χ2v) is 9.52. The molecule has 2 amide bonds. The summed E-state index contributed by atoms with van der Waals surface area (Å²) in [6.07, 6.45) is -2.23. The van der Waals surface area contributed by atoms with Gasteiger partial charge in [-0.2, -0.15) is 0 Å². The van der Waals surface area contributed by atoms with Crippen molar-refractivity contribution in [1.29, 1.82) is 0 Å². The van der Waals surface area contributed by atoms with Gasteiger partial charge in [-0.3, -0.25) is 0 Å². The van der Waals surface area contributed by atoms with Crippen molar-refractivity contribution in [3.05, 3.63) is 0 Å². The highest BCUT2D eigenvalue weighted by Crippen LogP contribution is 2.12. The van der Waals surface area contributed by atoms with Gasteiger partial charge in [0.25, 0.3) is 0 Å². The lowest BCUT2D eigenvalue weighted by molar-refractivity contribution is 0.0449. The number of alkyl carbamates (subject to hydrolysis) is 2.